The lowest BCUT2D eigenvalue weighted by molar-refractivity contribution is 0.0189. The van der Waals surface area contributed by atoms with E-state index in [9.17, 15) is 4.79 Å². The zero-order valence-corrected chi connectivity index (χ0v) is 11.3. The lowest BCUT2D eigenvalue weighted by Crippen LogP contribution is -2.51. The molecular weight excluding hydrogens is 258 g/mol. The molecule has 0 spiro atoms. The maximum absolute atomic E-state index is 12.1. The van der Waals surface area contributed by atoms with Crippen molar-refractivity contribution in [3.05, 3.63) is 30.2 Å². The van der Waals surface area contributed by atoms with Gasteiger partial charge >= 0.3 is 6.03 Å². The molecule has 0 aromatic carbocycles. The maximum Gasteiger partial charge on any atom is 0.318 e. The molecule has 3 rings (SSSR count). The van der Waals surface area contributed by atoms with Crippen LogP contribution >= 0.6 is 0 Å². The van der Waals surface area contributed by atoms with Gasteiger partial charge in [0, 0.05) is 12.7 Å². The number of morpholine rings is 1. The second-order valence-corrected chi connectivity index (χ2v) is 4.82. The molecule has 1 saturated heterocycles. The van der Waals surface area contributed by atoms with Crippen LogP contribution in [-0.2, 0) is 11.3 Å². The van der Waals surface area contributed by atoms with Gasteiger partial charge in [0.25, 0.3) is 0 Å². The number of aromatic nitrogens is 3. The number of hydrogen-bond acceptors (Lipinski definition) is 4. The van der Waals surface area contributed by atoms with Crippen molar-refractivity contribution in [2.24, 2.45) is 0 Å². The topological polar surface area (TPSA) is 71.8 Å². The minimum Gasteiger partial charge on any atom is -0.377 e. The van der Waals surface area contributed by atoms with Crippen molar-refractivity contribution in [2.45, 2.75) is 19.5 Å². The molecule has 1 fully saturated rings. The monoisotopic (exact) mass is 275 g/mol. The van der Waals surface area contributed by atoms with Crippen LogP contribution in [0.2, 0.25) is 0 Å². The van der Waals surface area contributed by atoms with Crippen LogP contribution in [0, 0.1) is 0 Å². The summed E-state index contributed by atoms with van der Waals surface area (Å²) in [4.78, 5) is 13.9. The van der Waals surface area contributed by atoms with Gasteiger partial charge in [0.15, 0.2) is 11.5 Å². The van der Waals surface area contributed by atoms with E-state index < -0.39 is 0 Å². The van der Waals surface area contributed by atoms with Crippen molar-refractivity contribution >= 4 is 11.7 Å². The van der Waals surface area contributed by atoms with Crippen LogP contribution < -0.4 is 5.32 Å². The second kappa shape index (κ2) is 5.46. The molecule has 0 saturated carbocycles. The fourth-order valence-electron chi connectivity index (χ4n) is 2.30. The SMILES string of the molecule is C[C@H]1COCCN1C(=O)NCc1nnc2ccccn12. The Labute approximate surface area is 116 Å². The number of nitrogens with zero attached hydrogens (tertiary/aromatic N) is 4. The van der Waals surface area contributed by atoms with Crippen molar-refractivity contribution in [3.8, 4) is 0 Å². The van der Waals surface area contributed by atoms with Crippen LogP contribution in [0.4, 0.5) is 4.79 Å². The fraction of sp³-hybridized carbons (Fsp3) is 0.462. The van der Waals surface area contributed by atoms with Gasteiger partial charge in [-0.1, -0.05) is 6.07 Å². The van der Waals surface area contributed by atoms with Gasteiger partial charge in [0.1, 0.15) is 0 Å². The van der Waals surface area contributed by atoms with Crippen LogP contribution in [-0.4, -0.2) is 51.3 Å². The molecule has 0 unspecified atom stereocenters. The summed E-state index contributed by atoms with van der Waals surface area (Å²) in [5.74, 6) is 0.717. The third-order valence-corrected chi connectivity index (χ3v) is 3.41. The molecule has 1 aliphatic heterocycles. The number of carbonyl (C=O) groups is 1. The Hall–Kier alpha value is -2.15. The molecule has 1 N–H and O–H groups in total. The van der Waals surface area contributed by atoms with Gasteiger partial charge in [-0.2, -0.15) is 0 Å². The molecule has 7 heteroatoms. The summed E-state index contributed by atoms with van der Waals surface area (Å²) in [7, 11) is 0. The number of amides is 2. The Morgan fingerprint density at radius 2 is 2.40 bits per heavy atom. The second-order valence-electron chi connectivity index (χ2n) is 4.82. The standard InChI is InChI=1S/C13H17N5O2/c1-10-9-20-7-6-17(10)13(19)14-8-12-16-15-11-4-2-3-5-18(11)12/h2-5,10H,6-9H2,1H3,(H,14,19)/t10-/m0/s1. The third-order valence-electron chi connectivity index (χ3n) is 3.41. The predicted octanol–water partition coefficient (Wildman–Crippen LogP) is 0.660. The summed E-state index contributed by atoms with van der Waals surface area (Å²) < 4.78 is 7.19. The van der Waals surface area contributed by atoms with Crippen molar-refractivity contribution in [2.75, 3.05) is 19.8 Å². The molecule has 106 valence electrons. The molecule has 2 aromatic rings. The summed E-state index contributed by atoms with van der Waals surface area (Å²) in [5.41, 5.74) is 0.775. The lowest BCUT2D eigenvalue weighted by atomic mass is 10.3. The van der Waals surface area contributed by atoms with Gasteiger partial charge in [-0.25, -0.2) is 4.79 Å². The van der Waals surface area contributed by atoms with Gasteiger partial charge in [-0.15, -0.1) is 10.2 Å². The molecule has 0 aliphatic carbocycles. The largest absolute Gasteiger partial charge is 0.377 e. The van der Waals surface area contributed by atoms with Crippen molar-refractivity contribution in [1.82, 2.24) is 24.8 Å². The molecular formula is C13H17N5O2. The van der Waals surface area contributed by atoms with E-state index in [4.69, 9.17) is 4.74 Å². The Morgan fingerprint density at radius 3 is 3.25 bits per heavy atom. The number of urea groups is 1. The number of hydrogen-bond donors (Lipinski definition) is 1. The van der Waals surface area contributed by atoms with E-state index in [1.807, 2.05) is 35.7 Å². The number of carbonyl (C=O) groups excluding carboxylic acids is 1. The summed E-state index contributed by atoms with van der Waals surface area (Å²) in [6, 6.07) is 5.70. The zero-order valence-electron chi connectivity index (χ0n) is 11.3. The third kappa shape index (κ3) is 2.44. The minimum atomic E-state index is -0.0894. The zero-order chi connectivity index (χ0) is 13.9. The Kier molecular flexibility index (Phi) is 3.51. The van der Waals surface area contributed by atoms with E-state index in [1.165, 1.54) is 0 Å². The quantitative estimate of drug-likeness (QED) is 0.874. The average Bonchev–Trinajstić information content (AvgIpc) is 2.88. The van der Waals surface area contributed by atoms with Gasteiger partial charge in [-0.3, -0.25) is 4.40 Å². The van der Waals surface area contributed by atoms with Crippen LogP contribution in [0.5, 0.6) is 0 Å². The van der Waals surface area contributed by atoms with E-state index in [1.54, 1.807) is 4.90 Å². The first-order valence-corrected chi connectivity index (χ1v) is 6.66. The summed E-state index contributed by atoms with van der Waals surface area (Å²) >= 11 is 0. The molecule has 1 atom stereocenters. The van der Waals surface area contributed by atoms with Crippen LogP contribution in [0.15, 0.2) is 24.4 Å². The first-order valence-electron chi connectivity index (χ1n) is 6.66. The summed E-state index contributed by atoms with van der Waals surface area (Å²) in [5, 5.41) is 11.0. The smallest absolute Gasteiger partial charge is 0.318 e. The van der Waals surface area contributed by atoms with Crippen molar-refractivity contribution in [3.63, 3.8) is 0 Å². The first kappa shape index (κ1) is 12.9. The lowest BCUT2D eigenvalue weighted by Gasteiger charge is -2.33. The van der Waals surface area contributed by atoms with Crippen molar-refractivity contribution < 1.29 is 9.53 Å². The fourth-order valence-corrected chi connectivity index (χ4v) is 2.30. The van der Waals surface area contributed by atoms with Gasteiger partial charge in [0.2, 0.25) is 0 Å². The Balaban J connectivity index is 1.65. The normalized spacial score (nSPS) is 19.2. The highest BCUT2D eigenvalue weighted by Crippen LogP contribution is 2.07. The highest BCUT2D eigenvalue weighted by Gasteiger charge is 2.23. The molecule has 20 heavy (non-hydrogen) atoms. The molecule has 0 bridgehead atoms. The van der Waals surface area contributed by atoms with E-state index in [0.717, 1.165) is 11.5 Å². The molecule has 0 radical (unpaired) electrons. The number of fused-ring (bicyclic) bond motifs is 1. The molecule has 1 aliphatic rings. The molecule has 7 nitrogen and oxygen atoms in total. The van der Waals surface area contributed by atoms with Crippen LogP contribution in [0.1, 0.15) is 12.7 Å². The molecule has 2 amide bonds. The van der Waals surface area contributed by atoms with E-state index in [2.05, 4.69) is 15.5 Å². The van der Waals surface area contributed by atoms with Gasteiger partial charge < -0.3 is 15.0 Å². The number of ether oxygens (including phenoxy) is 1. The first-order chi connectivity index (χ1) is 9.75. The minimum absolute atomic E-state index is 0.0894. The number of nitrogens with one attached hydrogen (secondary N) is 1. The predicted molar refractivity (Wildman–Crippen MR) is 72.2 cm³/mol. The van der Waals surface area contributed by atoms with E-state index in [0.29, 0.717) is 26.3 Å². The highest BCUT2D eigenvalue weighted by molar-refractivity contribution is 5.74. The highest BCUT2D eigenvalue weighted by atomic mass is 16.5. The Morgan fingerprint density at radius 1 is 1.50 bits per heavy atom. The van der Waals surface area contributed by atoms with Crippen LogP contribution in [0.25, 0.3) is 5.65 Å². The summed E-state index contributed by atoms with van der Waals surface area (Å²) in [6.07, 6.45) is 1.88. The maximum atomic E-state index is 12.1. The Bertz CT molecular complexity index is 612. The molecule has 2 aromatic heterocycles. The van der Waals surface area contributed by atoms with Crippen LogP contribution in [0.3, 0.4) is 0 Å². The van der Waals surface area contributed by atoms with Gasteiger partial charge in [0.05, 0.1) is 25.8 Å². The van der Waals surface area contributed by atoms with E-state index in [-0.39, 0.29) is 12.1 Å². The number of rotatable bonds is 2. The summed E-state index contributed by atoms with van der Waals surface area (Å²) in [6.45, 7) is 4.12. The molecule has 3 heterocycles. The average molecular weight is 275 g/mol. The number of pyridine rings is 1. The van der Waals surface area contributed by atoms with Gasteiger partial charge in [-0.05, 0) is 19.1 Å². The van der Waals surface area contributed by atoms with Crippen molar-refractivity contribution in [1.29, 1.82) is 0 Å². The van der Waals surface area contributed by atoms with E-state index >= 15 is 0 Å².